The van der Waals surface area contributed by atoms with Crippen molar-refractivity contribution in [1.29, 1.82) is 0 Å². The van der Waals surface area contributed by atoms with E-state index >= 15 is 0 Å². The number of hydrogen-bond acceptors (Lipinski definition) is 4. The molecule has 0 spiro atoms. The summed E-state index contributed by atoms with van der Waals surface area (Å²) in [6.07, 6.45) is 1.54. The molecule has 0 bridgehead atoms. The number of urea groups is 1. The molecule has 18 heavy (non-hydrogen) atoms. The van der Waals surface area contributed by atoms with E-state index < -0.39 is 11.9 Å². The predicted molar refractivity (Wildman–Crippen MR) is 64.2 cm³/mol. The van der Waals surface area contributed by atoms with E-state index in [4.69, 9.17) is 9.47 Å². The molecule has 0 unspecified atom stereocenters. The van der Waals surface area contributed by atoms with Gasteiger partial charge in [-0.1, -0.05) is 0 Å². The molecule has 2 N–H and O–H groups in total. The first-order chi connectivity index (χ1) is 8.63. The lowest BCUT2D eigenvalue weighted by atomic mass is 10.1. The Hall–Kier alpha value is -2.50. The van der Waals surface area contributed by atoms with E-state index in [2.05, 4.69) is 10.6 Å². The zero-order valence-corrected chi connectivity index (χ0v) is 9.94. The summed E-state index contributed by atoms with van der Waals surface area (Å²) in [5, 5.41) is 4.53. The minimum Gasteiger partial charge on any atom is -0.497 e. The molecule has 1 aromatic rings. The van der Waals surface area contributed by atoms with Crippen LogP contribution in [0, 0.1) is 0 Å². The standard InChI is InChI=1S/C12H12N2O4/c1-17-8-4-3-7(10(6-8)18-2)5-9-11(15)14-12(16)13-9/h3-6H,1-2H3,(H2,13,14,15,16)/b9-5+. The Morgan fingerprint density at radius 3 is 2.44 bits per heavy atom. The second-order valence-electron chi connectivity index (χ2n) is 3.57. The Morgan fingerprint density at radius 2 is 1.89 bits per heavy atom. The van der Waals surface area contributed by atoms with Crippen LogP contribution in [0.15, 0.2) is 23.9 Å². The molecule has 0 aliphatic carbocycles. The second kappa shape index (κ2) is 4.79. The number of hydrogen-bond donors (Lipinski definition) is 2. The van der Waals surface area contributed by atoms with Crippen molar-refractivity contribution < 1.29 is 19.1 Å². The zero-order chi connectivity index (χ0) is 13.1. The third-order valence-electron chi connectivity index (χ3n) is 2.46. The van der Waals surface area contributed by atoms with Gasteiger partial charge in [-0.05, 0) is 18.2 Å². The summed E-state index contributed by atoms with van der Waals surface area (Å²) in [6, 6.07) is 4.64. The first kappa shape index (κ1) is 12.0. The van der Waals surface area contributed by atoms with Gasteiger partial charge in [0.1, 0.15) is 17.2 Å². The number of benzene rings is 1. The van der Waals surface area contributed by atoms with E-state index in [1.165, 1.54) is 7.11 Å². The van der Waals surface area contributed by atoms with E-state index in [1.54, 1.807) is 31.4 Å². The zero-order valence-electron chi connectivity index (χ0n) is 9.94. The minimum atomic E-state index is -0.529. The van der Waals surface area contributed by atoms with Crippen LogP contribution in [0.1, 0.15) is 5.56 Å². The highest BCUT2D eigenvalue weighted by atomic mass is 16.5. The molecule has 1 fully saturated rings. The van der Waals surface area contributed by atoms with Crippen LogP contribution in [0.2, 0.25) is 0 Å². The van der Waals surface area contributed by atoms with Gasteiger partial charge in [0, 0.05) is 11.6 Å². The second-order valence-corrected chi connectivity index (χ2v) is 3.57. The van der Waals surface area contributed by atoms with Gasteiger partial charge in [0.05, 0.1) is 14.2 Å². The molecule has 0 atom stereocenters. The molecule has 6 heteroatoms. The topological polar surface area (TPSA) is 76.7 Å². The van der Waals surface area contributed by atoms with Gasteiger partial charge in [-0.3, -0.25) is 10.1 Å². The van der Waals surface area contributed by atoms with E-state index in [0.717, 1.165) is 0 Å². The van der Waals surface area contributed by atoms with Crippen LogP contribution >= 0.6 is 0 Å². The highest BCUT2D eigenvalue weighted by Crippen LogP contribution is 2.26. The lowest BCUT2D eigenvalue weighted by Crippen LogP contribution is -2.22. The first-order valence-corrected chi connectivity index (χ1v) is 5.20. The molecule has 2 rings (SSSR count). The lowest BCUT2D eigenvalue weighted by Gasteiger charge is -2.07. The van der Waals surface area contributed by atoms with Crippen molar-refractivity contribution in [1.82, 2.24) is 10.6 Å². The third kappa shape index (κ3) is 2.27. The molecular weight excluding hydrogens is 236 g/mol. The van der Waals surface area contributed by atoms with Crippen molar-refractivity contribution in [2.75, 3.05) is 14.2 Å². The molecule has 0 radical (unpaired) electrons. The maximum atomic E-state index is 11.4. The smallest absolute Gasteiger partial charge is 0.326 e. The maximum absolute atomic E-state index is 11.4. The van der Waals surface area contributed by atoms with E-state index in [9.17, 15) is 9.59 Å². The number of carbonyl (C=O) groups is 2. The van der Waals surface area contributed by atoms with Crippen LogP contribution in [-0.2, 0) is 4.79 Å². The summed E-state index contributed by atoms with van der Waals surface area (Å²) >= 11 is 0. The number of amides is 3. The van der Waals surface area contributed by atoms with Gasteiger partial charge >= 0.3 is 6.03 Å². The average molecular weight is 248 g/mol. The Kier molecular flexibility index (Phi) is 3.18. The molecule has 0 saturated carbocycles. The molecule has 1 aliphatic heterocycles. The highest BCUT2D eigenvalue weighted by molar-refractivity contribution is 6.14. The largest absolute Gasteiger partial charge is 0.497 e. The van der Waals surface area contributed by atoms with Crippen LogP contribution in [0.3, 0.4) is 0 Å². The van der Waals surface area contributed by atoms with Crippen molar-refractivity contribution in [3.05, 3.63) is 29.5 Å². The molecule has 1 aromatic carbocycles. The normalized spacial score (nSPS) is 16.4. The third-order valence-corrected chi connectivity index (χ3v) is 2.46. The van der Waals surface area contributed by atoms with Crippen LogP contribution in [0.25, 0.3) is 6.08 Å². The van der Waals surface area contributed by atoms with E-state index in [1.807, 2.05) is 0 Å². The fourth-order valence-corrected chi connectivity index (χ4v) is 1.58. The number of nitrogens with one attached hydrogen (secondary N) is 2. The molecule has 1 heterocycles. The van der Waals surface area contributed by atoms with Gasteiger partial charge in [0.15, 0.2) is 0 Å². The Labute approximate surface area is 104 Å². The number of carbonyl (C=O) groups excluding carboxylic acids is 2. The minimum absolute atomic E-state index is 0.184. The summed E-state index contributed by atoms with van der Waals surface area (Å²) in [7, 11) is 3.07. The van der Waals surface area contributed by atoms with Crippen molar-refractivity contribution in [2.45, 2.75) is 0 Å². The fourth-order valence-electron chi connectivity index (χ4n) is 1.58. The SMILES string of the molecule is COc1ccc(/C=C2/NC(=O)NC2=O)c(OC)c1. The van der Waals surface area contributed by atoms with Gasteiger partial charge in [0.2, 0.25) is 0 Å². The van der Waals surface area contributed by atoms with Crippen LogP contribution in [-0.4, -0.2) is 26.2 Å². The molecule has 94 valence electrons. The Balaban J connectivity index is 2.37. The van der Waals surface area contributed by atoms with E-state index in [-0.39, 0.29) is 5.70 Å². The summed E-state index contributed by atoms with van der Waals surface area (Å²) < 4.78 is 10.3. The van der Waals surface area contributed by atoms with Crippen LogP contribution in [0.5, 0.6) is 11.5 Å². The number of imide groups is 1. The summed E-state index contributed by atoms with van der Waals surface area (Å²) in [4.78, 5) is 22.4. The lowest BCUT2D eigenvalue weighted by molar-refractivity contribution is -0.115. The van der Waals surface area contributed by atoms with Crippen LogP contribution < -0.4 is 20.1 Å². The van der Waals surface area contributed by atoms with Crippen molar-refractivity contribution in [3.63, 3.8) is 0 Å². The molecule has 3 amide bonds. The number of ether oxygens (including phenoxy) is 2. The molecular formula is C12H12N2O4. The van der Waals surface area contributed by atoms with Gasteiger partial charge in [-0.15, -0.1) is 0 Å². The quantitative estimate of drug-likeness (QED) is 0.615. The summed E-state index contributed by atoms with van der Waals surface area (Å²) in [5.74, 6) is 0.738. The summed E-state index contributed by atoms with van der Waals surface area (Å²) in [6.45, 7) is 0. The van der Waals surface area contributed by atoms with Crippen LogP contribution in [0.4, 0.5) is 4.79 Å². The molecule has 1 aliphatic rings. The van der Waals surface area contributed by atoms with Gasteiger partial charge in [-0.2, -0.15) is 0 Å². The van der Waals surface area contributed by atoms with Crippen molar-refractivity contribution in [3.8, 4) is 11.5 Å². The van der Waals surface area contributed by atoms with Crippen molar-refractivity contribution in [2.24, 2.45) is 0 Å². The molecule has 0 aromatic heterocycles. The maximum Gasteiger partial charge on any atom is 0.326 e. The highest BCUT2D eigenvalue weighted by Gasteiger charge is 2.23. The van der Waals surface area contributed by atoms with Crippen molar-refractivity contribution >= 4 is 18.0 Å². The fraction of sp³-hybridized carbons (Fsp3) is 0.167. The van der Waals surface area contributed by atoms with E-state index in [0.29, 0.717) is 17.1 Å². The molecule has 6 nitrogen and oxygen atoms in total. The summed E-state index contributed by atoms with van der Waals surface area (Å²) in [5.41, 5.74) is 0.856. The Bertz CT molecular complexity index is 537. The predicted octanol–water partition coefficient (Wildman–Crippen LogP) is 0.884. The Morgan fingerprint density at radius 1 is 1.11 bits per heavy atom. The monoisotopic (exact) mass is 248 g/mol. The van der Waals surface area contributed by atoms with Gasteiger partial charge in [0.25, 0.3) is 5.91 Å². The number of rotatable bonds is 3. The number of methoxy groups -OCH3 is 2. The van der Waals surface area contributed by atoms with Gasteiger partial charge < -0.3 is 14.8 Å². The first-order valence-electron chi connectivity index (χ1n) is 5.20. The average Bonchev–Trinajstić information content (AvgIpc) is 2.68. The van der Waals surface area contributed by atoms with Gasteiger partial charge in [-0.25, -0.2) is 4.79 Å². The molecule has 1 saturated heterocycles.